The molecule has 2 heterocycles. The highest BCUT2D eigenvalue weighted by Gasteiger charge is 2.31. The Morgan fingerprint density at radius 3 is 2.88 bits per heavy atom. The third-order valence-corrected chi connectivity index (χ3v) is 5.40. The van der Waals surface area contributed by atoms with E-state index in [1.807, 2.05) is 17.0 Å². The van der Waals surface area contributed by atoms with E-state index in [2.05, 4.69) is 12.1 Å². The molecule has 1 aromatic carbocycles. The molecule has 0 aliphatic carbocycles. The minimum absolute atomic E-state index is 0.0216. The minimum Gasteiger partial charge on any atom is -0.497 e. The molecule has 3 rings (SSSR count). The number of nitrogens with two attached hydrogens (primary N) is 1. The molecule has 3 atom stereocenters. The summed E-state index contributed by atoms with van der Waals surface area (Å²) in [5.74, 6) is 1.15. The van der Waals surface area contributed by atoms with Gasteiger partial charge in [-0.1, -0.05) is 12.1 Å². The molecule has 2 fully saturated rings. The fourth-order valence-corrected chi connectivity index (χ4v) is 3.93. The van der Waals surface area contributed by atoms with Crippen LogP contribution in [0.5, 0.6) is 5.75 Å². The predicted octanol–water partition coefficient (Wildman–Crippen LogP) is 1.90. The lowest BCUT2D eigenvalue weighted by atomic mass is 9.98. The van der Waals surface area contributed by atoms with Crippen molar-refractivity contribution < 1.29 is 19.1 Å². The molecular formula is C20H28N2O4. The Labute approximate surface area is 154 Å². The second-order valence-electron chi connectivity index (χ2n) is 7.32. The van der Waals surface area contributed by atoms with Crippen LogP contribution in [0.4, 0.5) is 0 Å². The highest BCUT2D eigenvalue weighted by molar-refractivity contribution is 5.79. The van der Waals surface area contributed by atoms with E-state index < -0.39 is 12.0 Å². The van der Waals surface area contributed by atoms with Crippen molar-refractivity contribution in [3.63, 3.8) is 0 Å². The first-order chi connectivity index (χ1) is 12.5. The Balaban J connectivity index is 1.42. The molecule has 2 N–H and O–H groups in total. The maximum absolute atomic E-state index is 12.5. The van der Waals surface area contributed by atoms with Crippen molar-refractivity contribution in [2.75, 3.05) is 20.2 Å². The topological polar surface area (TPSA) is 81.9 Å². The zero-order valence-electron chi connectivity index (χ0n) is 15.4. The molecule has 142 valence electrons. The van der Waals surface area contributed by atoms with Crippen LogP contribution in [0.2, 0.25) is 0 Å². The van der Waals surface area contributed by atoms with Gasteiger partial charge in [0.1, 0.15) is 11.9 Å². The van der Waals surface area contributed by atoms with Gasteiger partial charge in [-0.3, -0.25) is 9.59 Å². The van der Waals surface area contributed by atoms with Gasteiger partial charge in [0.15, 0.2) is 0 Å². The summed E-state index contributed by atoms with van der Waals surface area (Å²) in [6.07, 6.45) is 4.11. The van der Waals surface area contributed by atoms with E-state index in [1.165, 1.54) is 5.56 Å². The number of ether oxygens (including phenoxy) is 2. The fourth-order valence-electron chi connectivity index (χ4n) is 3.93. The van der Waals surface area contributed by atoms with Crippen molar-refractivity contribution in [2.45, 2.75) is 50.7 Å². The number of likely N-dealkylation sites (tertiary alicyclic amines) is 1. The predicted molar refractivity (Wildman–Crippen MR) is 97.7 cm³/mol. The molecule has 2 amide bonds. The number of carbonyl (C=O) groups is 2. The van der Waals surface area contributed by atoms with Gasteiger partial charge < -0.3 is 20.1 Å². The van der Waals surface area contributed by atoms with Crippen molar-refractivity contribution in [2.24, 2.45) is 11.7 Å². The summed E-state index contributed by atoms with van der Waals surface area (Å²) in [5.41, 5.74) is 6.52. The third kappa shape index (κ3) is 4.75. The number of amides is 2. The van der Waals surface area contributed by atoms with Crippen LogP contribution >= 0.6 is 0 Å². The Kier molecular flexibility index (Phi) is 6.14. The lowest BCUT2D eigenvalue weighted by Gasteiger charge is -2.18. The average molecular weight is 360 g/mol. The van der Waals surface area contributed by atoms with E-state index in [9.17, 15) is 9.59 Å². The number of carbonyl (C=O) groups excluding carboxylic acids is 2. The van der Waals surface area contributed by atoms with Crippen LogP contribution in [-0.2, 0) is 20.7 Å². The van der Waals surface area contributed by atoms with Gasteiger partial charge in [0.2, 0.25) is 11.8 Å². The highest BCUT2D eigenvalue weighted by Crippen LogP contribution is 2.26. The van der Waals surface area contributed by atoms with Crippen molar-refractivity contribution >= 4 is 11.8 Å². The van der Waals surface area contributed by atoms with E-state index in [-0.39, 0.29) is 12.0 Å². The summed E-state index contributed by atoms with van der Waals surface area (Å²) in [4.78, 5) is 25.6. The van der Waals surface area contributed by atoms with E-state index in [1.54, 1.807) is 7.11 Å². The molecule has 2 saturated heterocycles. The van der Waals surface area contributed by atoms with Gasteiger partial charge in [-0.25, -0.2) is 0 Å². The maximum atomic E-state index is 12.5. The van der Waals surface area contributed by atoms with Gasteiger partial charge >= 0.3 is 0 Å². The molecule has 2 aliphatic heterocycles. The first-order valence-corrected chi connectivity index (χ1v) is 9.40. The summed E-state index contributed by atoms with van der Waals surface area (Å²) in [7, 11) is 1.68. The molecule has 1 aromatic rings. The van der Waals surface area contributed by atoms with E-state index in [4.69, 9.17) is 15.2 Å². The monoisotopic (exact) mass is 360 g/mol. The van der Waals surface area contributed by atoms with Crippen LogP contribution in [0.3, 0.4) is 0 Å². The average Bonchev–Trinajstić information content (AvgIpc) is 3.29. The van der Waals surface area contributed by atoms with Gasteiger partial charge in [0, 0.05) is 19.5 Å². The summed E-state index contributed by atoms with van der Waals surface area (Å²) in [5, 5.41) is 0. The van der Waals surface area contributed by atoms with Gasteiger partial charge in [-0.2, -0.15) is 0 Å². The quantitative estimate of drug-likeness (QED) is 0.805. The fraction of sp³-hybridized carbons (Fsp3) is 0.600. The third-order valence-electron chi connectivity index (χ3n) is 5.40. The lowest BCUT2D eigenvalue weighted by Crippen LogP contribution is -2.30. The minimum atomic E-state index is -0.478. The first kappa shape index (κ1) is 18.7. The van der Waals surface area contributed by atoms with E-state index in [0.29, 0.717) is 25.2 Å². The molecule has 0 spiro atoms. The zero-order chi connectivity index (χ0) is 18.5. The Morgan fingerprint density at radius 1 is 1.31 bits per heavy atom. The molecule has 1 unspecified atom stereocenters. The van der Waals surface area contributed by atoms with E-state index in [0.717, 1.165) is 38.1 Å². The number of nitrogens with zero attached hydrogens (tertiary/aromatic N) is 1. The van der Waals surface area contributed by atoms with Gasteiger partial charge in [0.25, 0.3) is 0 Å². The number of rotatable bonds is 7. The summed E-state index contributed by atoms with van der Waals surface area (Å²) >= 11 is 0. The maximum Gasteiger partial charge on any atom is 0.246 e. The summed E-state index contributed by atoms with van der Waals surface area (Å²) < 4.78 is 10.9. The summed E-state index contributed by atoms with van der Waals surface area (Å²) in [6, 6.07) is 8.13. The lowest BCUT2D eigenvalue weighted by molar-refractivity contribution is -0.131. The first-order valence-electron chi connectivity index (χ1n) is 9.40. The SMILES string of the molecule is COc1cccc(CC2CCN(C(=O)CC[C@@H]3CC[C@H](C(N)=O)O3)C2)c1. The van der Waals surface area contributed by atoms with Gasteiger partial charge in [-0.15, -0.1) is 0 Å². The van der Waals surface area contributed by atoms with Crippen molar-refractivity contribution in [3.8, 4) is 5.75 Å². The van der Waals surface area contributed by atoms with Crippen LogP contribution in [0.1, 0.15) is 37.7 Å². The number of benzene rings is 1. The Bertz CT molecular complexity index is 648. The van der Waals surface area contributed by atoms with E-state index >= 15 is 0 Å². The molecule has 0 aromatic heterocycles. The number of methoxy groups -OCH3 is 1. The van der Waals surface area contributed by atoms with Crippen molar-refractivity contribution in [3.05, 3.63) is 29.8 Å². The van der Waals surface area contributed by atoms with Crippen LogP contribution in [0, 0.1) is 5.92 Å². The molecular weight excluding hydrogens is 332 g/mol. The van der Waals surface area contributed by atoms with Crippen LogP contribution < -0.4 is 10.5 Å². The molecule has 2 aliphatic rings. The molecule has 6 heteroatoms. The number of primary amides is 1. The molecule has 0 bridgehead atoms. The zero-order valence-corrected chi connectivity index (χ0v) is 15.4. The van der Waals surface area contributed by atoms with Crippen LogP contribution in [0.25, 0.3) is 0 Å². The van der Waals surface area contributed by atoms with Gasteiger partial charge in [-0.05, 0) is 55.7 Å². The normalized spacial score (nSPS) is 25.4. The van der Waals surface area contributed by atoms with Crippen molar-refractivity contribution in [1.29, 1.82) is 0 Å². The molecule has 0 radical (unpaired) electrons. The Morgan fingerprint density at radius 2 is 2.15 bits per heavy atom. The van der Waals surface area contributed by atoms with Crippen LogP contribution in [-0.4, -0.2) is 49.1 Å². The smallest absolute Gasteiger partial charge is 0.246 e. The summed E-state index contributed by atoms with van der Waals surface area (Å²) in [6.45, 7) is 1.63. The Hall–Kier alpha value is -2.08. The second kappa shape index (κ2) is 8.54. The molecule has 0 saturated carbocycles. The van der Waals surface area contributed by atoms with Crippen LogP contribution in [0.15, 0.2) is 24.3 Å². The number of hydrogen-bond donors (Lipinski definition) is 1. The standard InChI is InChI=1S/C20H28N2O4/c1-25-17-4-2-3-14(12-17)11-15-9-10-22(13-15)19(23)8-6-16-5-7-18(26-16)20(21)24/h2-4,12,15-16,18H,5-11,13H2,1H3,(H2,21,24)/t15?,16-,18+/m0/s1. The molecule has 26 heavy (non-hydrogen) atoms. The van der Waals surface area contributed by atoms with Crippen molar-refractivity contribution in [1.82, 2.24) is 4.90 Å². The number of hydrogen-bond acceptors (Lipinski definition) is 4. The highest BCUT2D eigenvalue weighted by atomic mass is 16.5. The largest absolute Gasteiger partial charge is 0.497 e. The van der Waals surface area contributed by atoms with Gasteiger partial charge in [0.05, 0.1) is 13.2 Å². The molecule has 6 nitrogen and oxygen atoms in total. The second-order valence-corrected chi connectivity index (χ2v) is 7.32.